The number of carbonyl (C=O) groups excluding carboxylic acids is 1. The molecular weight excluding hydrogens is 210 g/mol. The lowest BCUT2D eigenvalue weighted by molar-refractivity contribution is 0.174. The fourth-order valence-corrected chi connectivity index (χ4v) is 1.58. The molecule has 0 saturated carbocycles. The number of amides is 1. The highest BCUT2D eigenvalue weighted by atomic mass is 32.2. The highest BCUT2D eigenvalue weighted by Gasteiger charge is 1.98. The standard InChI is InChI=1S/C11H13NO2S/c1-9(12-11(13)14-2)8-15-10-6-4-3-5-7-10/h3-8H,1-2H3,(H,12,13)/b9-8+. The van der Waals surface area contributed by atoms with Crippen LogP contribution in [0.1, 0.15) is 6.92 Å². The number of hydrogen-bond donors (Lipinski definition) is 1. The summed E-state index contributed by atoms with van der Waals surface area (Å²) >= 11 is 1.55. The minimum Gasteiger partial charge on any atom is -0.453 e. The smallest absolute Gasteiger partial charge is 0.411 e. The molecule has 0 fully saturated rings. The summed E-state index contributed by atoms with van der Waals surface area (Å²) in [5, 5.41) is 4.45. The number of allylic oxidation sites excluding steroid dienone is 1. The Hall–Kier alpha value is -1.42. The maximum Gasteiger partial charge on any atom is 0.411 e. The van der Waals surface area contributed by atoms with E-state index in [4.69, 9.17) is 0 Å². The predicted octanol–water partition coefficient (Wildman–Crippen LogP) is 3.00. The molecule has 1 rings (SSSR count). The fraction of sp³-hybridized carbons (Fsp3) is 0.182. The summed E-state index contributed by atoms with van der Waals surface area (Å²) in [5.74, 6) is 0. The number of ether oxygens (including phenoxy) is 1. The second-order valence-corrected chi connectivity index (χ2v) is 3.79. The number of carbonyl (C=O) groups is 1. The summed E-state index contributed by atoms with van der Waals surface area (Å²) in [6.45, 7) is 1.81. The zero-order valence-corrected chi connectivity index (χ0v) is 9.51. The van der Waals surface area contributed by atoms with E-state index in [2.05, 4.69) is 10.1 Å². The molecule has 1 aromatic rings. The quantitative estimate of drug-likeness (QED) is 0.800. The van der Waals surface area contributed by atoms with Gasteiger partial charge in [0.1, 0.15) is 0 Å². The van der Waals surface area contributed by atoms with Gasteiger partial charge in [0.05, 0.1) is 7.11 Å². The molecule has 0 saturated heterocycles. The molecule has 0 atom stereocenters. The molecular formula is C11H13NO2S. The number of benzene rings is 1. The van der Waals surface area contributed by atoms with E-state index in [9.17, 15) is 4.79 Å². The molecule has 0 aliphatic heterocycles. The summed E-state index contributed by atoms with van der Waals surface area (Å²) in [6, 6.07) is 9.92. The minimum atomic E-state index is -0.447. The molecule has 0 radical (unpaired) electrons. The number of hydrogen-bond acceptors (Lipinski definition) is 3. The maximum absolute atomic E-state index is 10.9. The third-order valence-electron chi connectivity index (χ3n) is 1.60. The van der Waals surface area contributed by atoms with Crippen molar-refractivity contribution in [2.75, 3.05) is 7.11 Å². The first-order valence-corrected chi connectivity index (χ1v) is 5.34. The highest BCUT2D eigenvalue weighted by Crippen LogP contribution is 2.19. The molecule has 80 valence electrons. The van der Waals surface area contributed by atoms with Crippen LogP contribution in [0, 0.1) is 0 Å². The second kappa shape index (κ2) is 6.14. The van der Waals surface area contributed by atoms with Crippen molar-refractivity contribution in [3.63, 3.8) is 0 Å². The lowest BCUT2D eigenvalue weighted by Crippen LogP contribution is -2.20. The van der Waals surface area contributed by atoms with Gasteiger partial charge in [-0.15, -0.1) is 0 Å². The van der Waals surface area contributed by atoms with Crippen LogP contribution in [0.4, 0.5) is 4.79 Å². The van der Waals surface area contributed by atoms with E-state index in [1.165, 1.54) is 7.11 Å². The van der Waals surface area contributed by atoms with Crippen molar-refractivity contribution in [1.82, 2.24) is 5.32 Å². The Bertz CT molecular complexity index is 349. The van der Waals surface area contributed by atoms with Crippen LogP contribution < -0.4 is 5.32 Å². The Labute approximate surface area is 93.5 Å². The van der Waals surface area contributed by atoms with Gasteiger partial charge in [-0.1, -0.05) is 30.0 Å². The van der Waals surface area contributed by atoms with Gasteiger partial charge in [0.2, 0.25) is 0 Å². The first-order valence-electron chi connectivity index (χ1n) is 4.46. The topological polar surface area (TPSA) is 38.3 Å². The van der Waals surface area contributed by atoms with E-state index in [1.54, 1.807) is 11.8 Å². The molecule has 1 aromatic carbocycles. The zero-order valence-electron chi connectivity index (χ0n) is 8.69. The van der Waals surface area contributed by atoms with E-state index in [1.807, 2.05) is 42.7 Å². The molecule has 0 bridgehead atoms. The Balaban J connectivity index is 2.47. The van der Waals surface area contributed by atoms with Crippen LogP contribution in [0.5, 0.6) is 0 Å². The average molecular weight is 223 g/mol. The summed E-state index contributed by atoms with van der Waals surface area (Å²) in [4.78, 5) is 12.0. The third-order valence-corrected chi connectivity index (χ3v) is 2.62. The number of alkyl carbamates (subject to hydrolysis) is 1. The van der Waals surface area contributed by atoms with E-state index >= 15 is 0 Å². The number of rotatable bonds is 3. The number of methoxy groups -OCH3 is 1. The van der Waals surface area contributed by atoms with Gasteiger partial charge in [-0.25, -0.2) is 4.79 Å². The maximum atomic E-state index is 10.9. The first-order chi connectivity index (χ1) is 7.22. The first kappa shape index (κ1) is 11.7. The van der Waals surface area contributed by atoms with E-state index in [-0.39, 0.29) is 0 Å². The molecule has 0 spiro atoms. The summed E-state index contributed by atoms with van der Waals surface area (Å²) in [7, 11) is 1.34. The van der Waals surface area contributed by atoms with Gasteiger partial charge in [-0.2, -0.15) is 0 Å². The molecule has 0 aromatic heterocycles. The van der Waals surface area contributed by atoms with E-state index < -0.39 is 6.09 Å². The number of nitrogens with one attached hydrogen (secondary N) is 1. The Morgan fingerprint density at radius 1 is 1.40 bits per heavy atom. The second-order valence-electron chi connectivity index (χ2n) is 2.85. The summed E-state index contributed by atoms with van der Waals surface area (Å²) < 4.78 is 4.47. The molecule has 4 heteroatoms. The molecule has 0 unspecified atom stereocenters. The van der Waals surface area contributed by atoms with Crippen molar-refractivity contribution in [3.05, 3.63) is 41.4 Å². The minimum absolute atomic E-state index is 0.447. The van der Waals surface area contributed by atoms with Crippen LogP contribution in [0.25, 0.3) is 0 Å². The SMILES string of the molecule is COC(=O)N/C(C)=C/Sc1ccccc1. The van der Waals surface area contributed by atoms with Gasteiger partial charge in [0.15, 0.2) is 0 Å². The molecule has 1 amide bonds. The van der Waals surface area contributed by atoms with Crippen LogP contribution in [-0.2, 0) is 4.74 Å². The summed E-state index contributed by atoms with van der Waals surface area (Å²) in [5.41, 5.74) is 0.760. The molecule has 1 N–H and O–H groups in total. The Morgan fingerprint density at radius 2 is 2.07 bits per heavy atom. The van der Waals surface area contributed by atoms with E-state index in [0.717, 1.165) is 10.6 Å². The molecule has 0 heterocycles. The van der Waals surface area contributed by atoms with Crippen molar-refractivity contribution >= 4 is 17.9 Å². The van der Waals surface area contributed by atoms with E-state index in [0.29, 0.717) is 0 Å². The molecule has 0 aliphatic rings. The van der Waals surface area contributed by atoms with Gasteiger partial charge in [0, 0.05) is 10.6 Å². The number of thioether (sulfide) groups is 1. The Kier molecular flexibility index (Phi) is 4.77. The largest absolute Gasteiger partial charge is 0.453 e. The van der Waals surface area contributed by atoms with Crippen molar-refractivity contribution < 1.29 is 9.53 Å². The average Bonchev–Trinajstić information content (AvgIpc) is 2.27. The fourth-order valence-electron chi connectivity index (χ4n) is 0.897. The lowest BCUT2D eigenvalue weighted by atomic mass is 10.4. The zero-order chi connectivity index (χ0) is 11.1. The van der Waals surface area contributed by atoms with Crippen LogP contribution in [0.2, 0.25) is 0 Å². The van der Waals surface area contributed by atoms with Gasteiger partial charge in [-0.05, 0) is 24.5 Å². The van der Waals surface area contributed by atoms with Gasteiger partial charge >= 0.3 is 6.09 Å². The third kappa shape index (κ3) is 4.56. The van der Waals surface area contributed by atoms with Crippen molar-refractivity contribution in [1.29, 1.82) is 0 Å². The highest BCUT2D eigenvalue weighted by molar-refractivity contribution is 8.02. The van der Waals surface area contributed by atoms with Crippen molar-refractivity contribution in [2.45, 2.75) is 11.8 Å². The van der Waals surface area contributed by atoms with Crippen LogP contribution in [0.15, 0.2) is 46.3 Å². The molecule has 0 aliphatic carbocycles. The van der Waals surface area contributed by atoms with Crippen LogP contribution in [-0.4, -0.2) is 13.2 Å². The van der Waals surface area contributed by atoms with Gasteiger partial charge in [-0.3, -0.25) is 5.32 Å². The summed E-state index contributed by atoms with van der Waals surface area (Å²) in [6.07, 6.45) is -0.447. The van der Waals surface area contributed by atoms with Crippen molar-refractivity contribution in [3.8, 4) is 0 Å². The Morgan fingerprint density at radius 3 is 2.67 bits per heavy atom. The predicted molar refractivity (Wildman–Crippen MR) is 61.6 cm³/mol. The van der Waals surface area contributed by atoms with Crippen molar-refractivity contribution in [2.24, 2.45) is 0 Å². The molecule has 3 nitrogen and oxygen atoms in total. The monoisotopic (exact) mass is 223 g/mol. The van der Waals surface area contributed by atoms with Gasteiger partial charge in [0.25, 0.3) is 0 Å². The van der Waals surface area contributed by atoms with Crippen LogP contribution >= 0.6 is 11.8 Å². The van der Waals surface area contributed by atoms with Crippen LogP contribution in [0.3, 0.4) is 0 Å². The normalized spacial score (nSPS) is 10.9. The molecule has 15 heavy (non-hydrogen) atoms. The lowest BCUT2D eigenvalue weighted by Gasteiger charge is -2.02. The van der Waals surface area contributed by atoms with Gasteiger partial charge < -0.3 is 4.74 Å².